The van der Waals surface area contributed by atoms with E-state index < -0.39 is 23.0 Å². The zero-order valence-electron chi connectivity index (χ0n) is 14.4. The zero-order valence-corrected chi connectivity index (χ0v) is 15.1. The summed E-state index contributed by atoms with van der Waals surface area (Å²) in [5.74, 6) is -2.78. The number of carboxylic acids is 1. The molecule has 1 heterocycles. The molecule has 1 aliphatic heterocycles. The molecule has 2 aromatic rings. The monoisotopic (exact) mass is 379 g/mol. The highest BCUT2D eigenvalue weighted by Crippen LogP contribution is 2.39. The number of rotatable bonds is 6. The van der Waals surface area contributed by atoms with Crippen molar-refractivity contribution in [3.63, 3.8) is 0 Å². The van der Waals surface area contributed by atoms with Crippen LogP contribution in [0.3, 0.4) is 0 Å². The van der Waals surface area contributed by atoms with Gasteiger partial charge in [0, 0.05) is 36.6 Å². The topological polar surface area (TPSA) is 40.5 Å². The molecule has 26 heavy (non-hydrogen) atoms. The summed E-state index contributed by atoms with van der Waals surface area (Å²) in [5.41, 5.74) is 0.00981. The molecule has 0 radical (unpaired) electrons. The van der Waals surface area contributed by atoms with E-state index in [0.717, 1.165) is 36.7 Å². The highest BCUT2D eigenvalue weighted by Gasteiger charge is 2.48. The molecule has 0 amide bonds. The summed E-state index contributed by atoms with van der Waals surface area (Å²) < 4.78 is 27.1. The van der Waals surface area contributed by atoms with Crippen LogP contribution in [0.15, 0.2) is 42.5 Å². The number of hydrogen-bond donors (Lipinski definition) is 1. The average molecular weight is 380 g/mol. The Balaban J connectivity index is 1.66. The Morgan fingerprint density at radius 2 is 1.77 bits per heavy atom. The summed E-state index contributed by atoms with van der Waals surface area (Å²) in [5, 5.41) is 10.4. The summed E-state index contributed by atoms with van der Waals surface area (Å²) in [6, 6.07) is 10.6. The lowest BCUT2D eigenvalue weighted by atomic mass is 9.68. The second kappa shape index (κ2) is 7.33. The van der Waals surface area contributed by atoms with Crippen molar-refractivity contribution in [1.82, 2.24) is 4.90 Å². The first-order valence-corrected chi connectivity index (χ1v) is 8.83. The Labute approximate surface area is 156 Å². The molecule has 0 saturated carbocycles. The van der Waals surface area contributed by atoms with Crippen molar-refractivity contribution in [2.75, 3.05) is 19.6 Å². The van der Waals surface area contributed by atoms with Crippen molar-refractivity contribution in [3.8, 4) is 0 Å². The normalized spacial score (nSPS) is 17.5. The lowest BCUT2D eigenvalue weighted by Gasteiger charge is -2.47. The number of hydrogen-bond acceptors (Lipinski definition) is 2. The van der Waals surface area contributed by atoms with E-state index in [-0.39, 0.29) is 11.5 Å². The number of nitrogens with zero attached hydrogens (tertiary/aromatic N) is 1. The molecular weight excluding hydrogens is 360 g/mol. The molecule has 6 heteroatoms. The summed E-state index contributed by atoms with van der Waals surface area (Å²) >= 11 is 5.87. The van der Waals surface area contributed by atoms with Crippen LogP contribution in [-0.4, -0.2) is 35.6 Å². The van der Waals surface area contributed by atoms with Crippen LogP contribution in [0.25, 0.3) is 0 Å². The minimum atomic E-state index is -1.32. The lowest BCUT2D eigenvalue weighted by molar-refractivity contribution is -0.148. The Bertz CT molecular complexity index is 786. The first-order chi connectivity index (χ1) is 12.3. The quantitative estimate of drug-likeness (QED) is 0.820. The van der Waals surface area contributed by atoms with Gasteiger partial charge in [0.25, 0.3) is 0 Å². The Morgan fingerprint density at radius 3 is 2.31 bits per heavy atom. The highest BCUT2D eigenvalue weighted by molar-refractivity contribution is 6.30. The van der Waals surface area contributed by atoms with Crippen LogP contribution in [0.4, 0.5) is 8.78 Å². The number of likely N-dealkylation sites (tertiary alicyclic amines) is 1. The van der Waals surface area contributed by atoms with Crippen molar-refractivity contribution in [2.24, 2.45) is 5.92 Å². The van der Waals surface area contributed by atoms with E-state index in [1.54, 1.807) is 6.92 Å². The Hall–Kier alpha value is -1.98. The van der Waals surface area contributed by atoms with Gasteiger partial charge in [-0.2, -0.15) is 0 Å². The number of carboxylic acid groups (broad SMARTS) is 1. The van der Waals surface area contributed by atoms with Gasteiger partial charge in [-0.3, -0.25) is 4.79 Å². The molecule has 1 aliphatic rings. The molecule has 1 saturated heterocycles. The van der Waals surface area contributed by atoms with Gasteiger partial charge >= 0.3 is 5.97 Å². The van der Waals surface area contributed by atoms with Gasteiger partial charge in [-0.15, -0.1) is 0 Å². The van der Waals surface area contributed by atoms with Crippen LogP contribution in [0.1, 0.15) is 18.1 Å². The number of aliphatic carboxylic acids is 1. The van der Waals surface area contributed by atoms with Gasteiger partial charge in [0.05, 0.1) is 5.41 Å². The third kappa shape index (κ3) is 3.74. The third-order valence-corrected chi connectivity index (χ3v) is 5.56. The number of carbonyl (C=O) groups is 1. The van der Waals surface area contributed by atoms with E-state index in [1.807, 2.05) is 24.3 Å². The molecule has 0 aromatic heterocycles. The Morgan fingerprint density at radius 1 is 1.19 bits per heavy atom. The first kappa shape index (κ1) is 18.8. The predicted molar refractivity (Wildman–Crippen MR) is 96.4 cm³/mol. The molecule has 1 unspecified atom stereocenters. The van der Waals surface area contributed by atoms with Crippen LogP contribution in [-0.2, 0) is 16.6 Å². The molecule has 0 bridgehead atoms. The largest absolute Gasteiger partial charge is 0.481 e. The number of benzene rings is 2. The van der Waals surface area contributed by atoms with Crippen molar-refractivity contribution in [2.45, 2.75) is 18.8 Å². The Kier molecular flexibility index (Phi) is 5.30. The van der Waals surface area contributed by atoms with Gasteiger partial charge in [0.2, 0.25) is 0 Å². The minimum absolute atomic E-state index is 0.171. The maximum absolute atomic E-state index is 13.6. The standard InChI is InChI=1S/C20H20ClF2NO2/c1-20(19(25)26,14-8-17(22)10-18(23)9-14)15-11-24(12-15)7-6-13-2-4-16(21)5-3-13/h2-5,8-10,15H,6-7,11-12H2,1H3,(H,25,26). The molecule has 0 aliphatic carbocycles. The molecule has 3 nitrogen and oxygen atoms in total. The van der Waals surface area contributed by atoms with Crippen LogP contribution in [0.2, 0.25) is 5.02 Å². The van der Waals surface area contributed by atoms with E-state index in [4.69, 9.17) is 11.6 Å². The van der Waals surface area contributed by atoms with E-state index in [1.165, 1.54) is 0 Å². The maximum Gasteiger partial charge on any atom is 0.314 e. The van der Waals surface area contributed by atoms with E-state index >= 15 is 0 Å². The molecule has 138 valence electrons. The van der Waals surface area contributed by atoms with Crippen LogP contribution in [0, 0.1) is 17.6 Å². The predicted octanol–water partition coefficient (Wildman–Crippen LogP) is 4.14. The van der Waals surface area contributed by atoms with Gasteiger partial charge in [-0.05, 0) is 48.7 Å². The van der Waals surface area contributed by atoms with Crippen molar-refractivity contribution in [3.05, 3.63) is 70.2 Å². The van der Waals surface area contributed by atoms with Crippen LogP contribution < -0.4 is 0 Å². The minimum Gasteiger partial charge on any atom is -0.481 e. The van der Waals surface area contributed by atoms with E-state index in [2.05, 4.69) is 4.90 Å². The van der Waals surface area contributed by atoms with Gasteiger partial charge in [-0.25, -0.2) is 8.78 Å². The maximum atomic E-state index is 13.6. The second-order valence-corrected chi connectivity index (χ2v) is 7.44. The van der Waals surface area contributed by atoms with Crippen LogP contribution >= 0.6 is 11.6 Å². The van der Waals surface area contributed by atoms with Crippen molar-refractivity contribution >= 4 is 17.6 Å². The fourth-order valence-electron chi connectivity index (χ4n) is 3.44. The van der Waals surface area contributed by atoms with E-state index in [9.17, 15) is 18.7 Å². The summed E-state index contributed by atoms with van der Waals surface area (Å²) in [7, 11) is 0. The summed E-state index contributed by atoms with van der Waals surface area (Å²) in [4.78, 5) is 14.1. The second-order valence-electron chi connectivity index (χ2n) is 7.00. The van der Waals surface area contributed by atoms with Crippen molar-refractivity contribution < 1.29 is 18.7 Å². The lowest BCUT2D eigenvalue weighted by Crippen LogP contribution is -2.58. The molecule has 1 N–H and O–H groups in total. The first-order valence-electron chi connectivity index (χ1n) is 8.46. The van der Waals surface area contributed by atoms with Gasteiger partial charge < -0.3 is 10.0 Å². The summed E-state index contributed by atoms with van der Waals surface area (Å²) in [6.45, 7) is 3.50. The third-order valence-electron chi connectivity index (χ3n) is 5.31. The molecular formula is C20H20ClF2NO2. The van der Waals surface area contributed by atoms with Crippen LogP contribution in [0.5, 0.6) is 0 Å². The molecule has 3 rings (SSSR count). The highest BCUT2D eigenvalue weighted by atomic mass is 35.5. The summed E-state index contributed by atoms with van der Waals surface area (Å²) in [6.07, 6.45) is 0.836. The molecule has 0 spiro atoms. The molecule has 1 atom stereocenters. The van der Waals surface area contributed by atoms with Crippen molar-refractivity contribution in [1.29, 1.82) is 0 Å². The number of halogens is 3. The fourth-order valence-corrected chi connectivity index (χ4v) is 3.57. The average Bonchev–Trinajstić information content (AvgIpc) is 2.53. The molecule has 2 aromatic carbocycles. The fraction of sp³-hybridized carbons (Fsp3) is 0.350. The molecule has 1 fully saturated rings. The van der Waals surface area contributed by atoms with E-state index in [0.29, 0.717) is 18.1 Å². The smallest absolute Gasteiger partial charge is 0.314 e. The van der Waals surface area contributed by atoms with Gasteiger partial charge in [0.1, 0.15) is 11.6 Å². The zero-order chi connectivity index (χ0) is 18.9. The van der Waals surface area contributed by atoms with Gasteiger partial charge in [0.15, 0.2) is 0 Å². The SMILES string of the molecule is CC(C(=O)O)(c1cc(F)cc(F)c1)C1CN(CCc2ccc(Cl)cc2)C1. The van der Waals surface area contributed by atoms with Gasteiger partial charge in [-0.1, -0.05) is 23.7 Å².